The molecular formula is C58H96O9S3Sn. The smallest absolute Gasteiger partial charge is 0.744 e. The second-order valence-electron chi connectivity index (χ2n) is 19.7. The van der Waals surface area contributed by atoms with Crippen LogP contribution < -0.4 is 0 Å². The van der Waals surface area contributed by atoms with E-state index in [1.807, 2.05) is 43.3 Å². The first-order valence-electron chi connectivity index (χ1n) is 27.6. The molecule has 0 spiro atoms. The standard InChI is InChI=1S/C37H75.3C7H8O3S.Sn/c1-3-5-7-9-11-13-15-17-19-21-23-25-27-29-31-33-35-37-36-34-32-30-28-26-24-22-20-18-16-14-12-10-8-6-4-2;3*1-6-2-4-7(5-3-6)11(8,9)10;/h37H,3-36H2,1-2H3;3*2-5H,1H3,(H,8,9,10);/q;;;;+3/p-3. The SMILES string of the molecule is CCCCCCCCCCCCCCCCCC[CH]([Sn+3])CCCCCCCCCCCCCCCCCC.Cc1ccc(S(=O)(=O)[O-])cc1.Cc1ccc(S(=O)(=O)[O-])cc1.Cc1ccc(S(=O)(=O)[O-])cc1. The van der Waals surface area contributed by atoms with Crippen molar-refractivity contribution in [3.63, 3.8) is 0 Å². The molecule has 0 fully saturated rings. The summed E-state index contributed by atoms with van der Waals surface area (Å²) in [6.45, 7) is 10.1. The third-order valence-electron chi connectivity index (χ3n) is 12.7. The van der Waals surface area contributed by atoms with Gasteiger partial charge in [-0.25, -0.2) is 25.3 Å². The Labute approximate surface area is 449 Å². The molecule has 0 amide bonds. The van der Waals surface area contributed by atoms with Crippen molar-refractivity contribution in [2.75, 3.05) is 0 Å². The van der Waals surface area contributed by atoms with Gasteiger partial charge in [-0.15, -0.1) is 0 Å². The minimum Gasteiger partial charge on any atom is -0.744 e. The quantitative estimate of drug-likeness (QED) is 0.0309. The summed E-state index contributed by atoms with van der Waals surface area (Å²) in [5, 5.41) is 0. The topological polar surface area (TPSA) is 172 Å². The van der Waals surface area contributed by atoms with E-state index in [1.54, 1.807) is 36.4 Å². The van der Waals surface area contributed by atoms with Crippen molar-refractivity contribution >= 4 is 52.9 Å². The molecule has 0 heterocycles. The molecule has 0 saturated carbocycles. The van der Waals surface area contributed by atoms with Crippen LogP contribution in [0.1, 0.15) is 249 Å². The zero-order chi connectivity index (χ0) is 53.1. The summed E-state index contributed by atoms with van der Waals surface area (Å²) in [5.74, 6) is 0. The molecule has 0 N–H and O–H groups in total. The molecule has 71 heavy (non-hydrogen) atoms. The molecule has 0 atom stereocenters. The fourth-order valence-electron chi connectivity index (χ4n) is 8.14. The average Bonchev–Trinajstić information content (AvgIpc) is 3.31. The van der Waals surface area contributed by atoms with E-state index in [2.05, 4.69) is 13.8 Å². The van der Waals surface area contributed by atoms with Crippen molar-refractivity contribution in [2.24, 2.45) is 0 Å². The van der Waals surface area contributed by atoms with Gasteiger partial charge in [0.1, 0.15) is 30.4 Å². The molecule has 0 aliphatic heterocycles. The molecular weight excluding hydrogens is 1060 g/mol. The van der Waals surface area contributed by atoms with Crippen LogP contribution in [0, 0.1) is 20.8 Å². The van der Waals surface area contributed by atoms with Gasteiger partial charge in [-0.1, -0.05) is 144 Å². The summed E-state index contributed by atoms with van der Waals surface area (Å²) in [6, 6.07) is 17.3. The molecule has 3 aromatic rings. The van der Waals surface area contributed by atoms with Gasteiger partial charge in [-0.3, -0.25) is 0 Å². The van der Waals surface area contributed by atoms with Crippen LogP contribution in [0.3, 0.4) is 0 Å². The van der Waals surface area contributed by atoms with Crippen LogP contribution in [0.15, 0.2) is 87.5 Å². The number of aryl methyl sites for hydroxylation is 3. The molecule has 0 bridgehead atoms. The first-order valence-corrected chi connectivity index (χ1v) is 33.5. The zero-order valence-electron chi connectivity index (χ0n) is 44.9. The predicted octanol–water partition coefficient (Wildman–Crippen LogP) is 16.9. The number of rotatable bonds is 37. The average molecular weight is 1150 g/mol. The van der Waals surface area contributed by atoms with Gasteiger partial charge in [0.25, 0.3) is 0 Å². The Bertz CT molecular complexity index is 1800. The molecule has 9 nitrogen and oxygen atoms in total. The molecule has 3 aromatic carbocycles. The van der Waals surface area contributed by atoms with Gasteiger partial charge in [-0.05, 0) is 57.2 Å². The second-order valence-corrected chi connectivity index (χ2v) is 26.2. The Hall–Kier alpha value is -1.81. The van der Waals surface area contributed by atoms with Crippen LogP contribution in [0.4, 0.5) is 0 Å². The summed E-state index contributed by atoms with van der Waals surface area (Å²) in [5.41, 5.74) is 2.78. The summed E-state index contributed by atoms with van der Waals surface area (Å²) in [6.07, 6.45) is 50.5. The second kappa shape index (κ2) is 44.5. The number of benzene rings is 3. The number of hydrogen-bond donors (Lipinski definition) is 0. The maximum atomic E-state index is 10.4. The Kier molecular flexibility index (Phi) is 43.3. The molecule has 0 aromatic heterocycles. The van der Waals surface area contributed by atoms with Gasteiger partial charge in [-0.2, -0.15) is 0 Å². The van der Waals surface area contributed by atoms with E-state index in [-0.39, 0.29) is 14.7 Å². The van der Waals surface area contributed by atoms with Crippen LogP contribution in [-0.2, 0) is 30.4 Å². The normalized spacial score (nSPS) is 11.6. The fourth-order valence-corrected chi connectivity index (χ4v) is 10.7. The molecule has 0 radical (unpaired) electrons. The van der Waals surface area contributed by atoms with E-state index in [9.17, 15) is 38.9 Å². The van der Waals surface area contributed by atoms with Crippen LogP contribution >= 0.6 is 0 Å². The summed E-state index contributed by atoms with van der Waals surface area (Å²) >= 11 is 1.81. The minimum atomic E-state index is -4.27. The predicted molar refractivity (Wildman–Crippen MR) is 295 cm³/mol. The van der Waals surface area contributed by atoms with Gasteiger partial charge < -0.3 is 13.7 Å². The van der Waals surface area contributed by atoms with Gasteiger partial charge >= 0.3 is 168 Å². The van der Waals surface area contributed by atoms with Crippen LogP contribution in [0.25, 0.3) is 0 Å². The van der Waals surface area contributed by atoms with Crippen molar-refractivity contribution in [2.45, 2.75) is 272 Å². The van der Waals surface area contributed by atoms with Crippen LogP contribution in [-0.4, -0.2) is 61.4 Å². The first-order chi connectivity index (χ1) is 33.8. The Morgan fingerprint density at radius 2 is 0.465 bits per heavy atom. The first kappa shape index (κ1) is 69.2. The minimum absolute atomic E-state index is 0.178. The molecule has 404 valence electrons. The van der Waals surface area contributed by atoms with Crippen molar-refractivity contribution in [1.29, 1.82) is 0 Å². The molecule has 0 saturated heterocycles. The van der Waals surface area contributed by atoms with E-state index in [0.717, 1.165) is 20.6 Å². The summed E-state index contributed by atoms with van der Waals surface area (Å²) < 4.78 is 94.6. The van der Waals surface area contributed by atoms with E-state index in [0.29, 0.717) is 0 Å². The molecule has 0 unspecified atom stereocenters. The van der Waals surface area contributed by atoms with E-state index in [4.69, 9.17) is 0 Å². The van der Waals surface area contributed by atoms with Crippen molar-refractivity contribution in [3.05, 3.63) is 89.5 Å². The Morgan fingerprint density at radius 3 is 0.620 bits per heavy atom. The van der Waals surface area contributed by atoms with Crippen molar-refractivity contribution in [3.8, 4) is 0 Å². The maximum absolute atomic E-state index is 10.4. The summed E-state index contributed by atoms with van der Waals surface area (Å²) in [7, 11) is -12.8. The number of hydrogen-bond acceptors (Lipinski definition) is 9. The fraction of sp³-hybridized carbons (Fsp3) is 0.690. The van der Waals surface area contributed by atoms with Gasteiger partial charge in [0, 0.05) is 0 Å². The molecule has 13 heteroatoms. The Morgan fingerprint density at radius 1 is 0.310 bits per heavy atom. The van der Waals surface area contributed by atoms with Gasteiger partial charge in [0.15, 0.2) is 0 Å². The van der Waals surface area contributed by atoms with Gasteiger partial charge in [0.2, 0.25) is 0 Å². The zero-order valence-corrected chi connectivity index (χ0v) is 50.2. The van der Waals surface area contributed by atoms with Gasteiger partial charge in [0.05, 0.1) is 14.7 Å². The number of unbranched alkanes of at least 4 members (excludes halogenated alkanes) is 30. The van der Waals surface area contributed by atoms with Crippen molar-refractivity contribution < 1.29 is 38.9 Å². The van der Waals surface area contributed by atoms with Crippen LogP contribution in [0.2, 0.25) is 3.93 Å². The molecule has 3 rings (SSSR count). The van der Waals surface area contributed by atoms with E-state index in [1.165, 1.54) is 255 Å². The third kappa shape index (κ3) is 44.2. The third-order valence-corrected chi connectivity index (χ3v) is 16.9. The summed E-state index contributed by atoms with van der Waals surface area (Å²) in [4.78, 5) is -0.533. The van der Waals surface area contributed by atoms with E-state index < -0.39 is 30.4 Å². The van der Waals surface area contributed by atoms with Crippen LogP contribution in [0.5, 0.6) is 0 Å². The molecule has 0 aliphatic rings. The van der Waals surface area contributed by atoms with Crippen molar-refractivity contribution in [1.82, 2.24) is 0 Å². The van der Waals surface area contributed by atoms with E-state index >= 15 is 0 Å². The monoisotopic (exact) mass is 1150 g/mol. The molecule has 0 aliphatic carbocycles. The Balaban J connectivity index is 0.00000117.